The van der Waals surface area contributed by atoms with Crippen LogP contribution in [0.3, 0.4) is 0 Å². The molecule has 1 aliphatic heterocycles. The summed E-state index contributed by atoms with van der Waals surface area (Å²) >= 11 is 0. The third-order valence-electron chi connectivity index (χ3n) is 6.65. The van der Waals surface area contributed by atoms with E-state index in [1.54, 1.807) is 18.2 Å². The van der Waals surface area contributed by atoms with Gasteiger partial charge < -0.3 is 19.7 Å². The molecule has 4 rings (SSSR count). The second-order valence-electron chi connectivity index (χ2n) is 10.3. The number of ether oxygens (including phenoxy) is 2. The molecule has 1 saturated heterocycles. The van der Waals surface area contributed by atoms with Crippen LogP contribution in [0.4, 0.5) is 20.2 Å². The third-order valence-corrected chi connectivity index (χ3v) is 6.65. The molecule has 0 radical (unpaired) electrons. The number of anilines is 2. The Kier molecular flexibility index (Phi) is 7.86. The van der Waals surface area contributed by atoms with E-state index in [9.17, 15) is 18.8 Å². The zero-order chi connectivity index (χ0) is 27.4. The van der Waals surface area contributed by atoms with E-state index >= 15 is 0 Å². The summed E-state index contributed by atoms with van der Waals surface area (Å²) in [5.41, 5.74) is 2.95. The number of amides is 1. The first-order valence-electron chi connectivity index (χ1n) is 12.5. The van der Waals surface area contributed by atoms with Gasteiger partial charge >= 0.3 is 0 Å². The van der Waals surface area contributed by atoms with Gasteiger partial charge in [-0.05, 0) is 53.4 Å². The highest BCUT2D eigenvalue weighted by Gasteiger charge is 2.25. The molecule has 0 aromatic heterocycles. The van der Waals surface area contributed by atoms with Crippen LogP contribution in [0.15, 0.2) is 54.6 Å². The lowest BCUT2D eigenvalue weighted by Crippen LogP contribution is -2.38. The van der Waals surface area contributed by atoms with Crippen molar-refractivity contribution in [3.63, 3.8) is 0 Å². The zero-order valence-corrected chi connectivity index (χ0v) is 22.0. The number of halogens is 2. The highest BCUT2D eigenvalue weighted by molar-refractivity contribution is 6.08. The maximum Gasteiger partial charge on any atom is 0.259 e. The fraction of sp³-hybridized carbons (Fsp3) is 0.333. The molecular weight excluding hydrogens is 488 g/mol. The summed E-state index contributed by atoms with van der Waals surface area (Å²) in [5, 5.41) is 12.5. The van der Waals surface area contributed by atoms with Crippen molar-refractivity contribution in [2.75, 3.05) is 30.4 Å². The summed E-state index contributed by atoms with van der Waals surface area (Å²) in [5.74, 6) is -1.23. The summed E-state index contributed by atoms with van der Waals surface area (Å²) in [6.07, 6.45) is 0.976. The Hall–Kier alpha value is -4.12. The average Bonchev–Trinajstić information content (AvgIpc) is 2.89. The molecule has 3 aromatic rings. The van der Waals surface area contributed by atoms with Crippen LogP contribution >= 0.6 is 0 Å². The van der Waals surface area contributed by atoms with Gasteiger partial charge in [0.25, 0.3) is 5.91 Å². The lowest BCUT2D eigenvalue weighted by atomic mass is 9.86. The summed E-state index contributed by atoms with van der Waals surface area (Å²) < 4.78 is 38.5. The van der Waals surface area contributed by atoms with E-state index in [-0.39, 0.29) is 23.2 Å². The molecule has 1 N–H and O–H groups in total. The van der Waals surface area contributed by atoms with Crippen LogP contribution in [0.25, 0.3) is 0 Å². The van der Waals surface area contributed by atoms with Gasteiger partial charge in [0.15, 0.2) is 11.6 Å². The Morgan fingerprint density at radius 2 is 1.74 bits per heavy atom. The number of nitrogens with zero attached hydrogens (tertiary/aromatic N) is 2. The largest absolute Gasteiger partial charge is 0.496 e. The van der Waals surface area contributed by atoms with E-state index in [2.05, 4.69) is 37.1 Å². The van der Waals surface area contributed by atoms with Crippen LogP contribution in [0, 0.1) is 23.0 Å². The minimum Gasteiger partial charge on any atom is -0.496 e. The molecule has 0 bridgehead atoms. The molecule has 3 aromatic carbocycles. The van der Waals surface area contributed by atoms with Gasteiger partial charge in [-0.15, -0.1) is 0 Å². The van der Waals surface area contributed by atoms with Crippen molar-refractivity contribution < 1.29 is 23.0 Å². The van der Waals surface area contributed by atoms with Crippen molar-refractivity contribution in [2.45, 2.75) is 45.1 Å². The number of hydrogen-bond acceptors (Lipinski definition) is 5. The zero-order valence-electron chi connectivity index (χ0n) is 22.0. The van der Waals surface area contributed by atoms with E-state index < -0.39 is 11.6 Å². The molecule has 38 heavy (non-hydrogen) atoms. The smallest absolute Gasteiger partial charge is 0.259 e. The summed E-state index contributed by atoms with van der Waals surface area (Å²) in [6, 6.07) is 16.2. The lowest BCUT2D eigenvalue weighted by molar-refractivity contribution is 0.102. The van der Waals surface area contributed by atoms with Gasteiger partial charge in [-0.1, -0.05) is 26.8 Å². The minimum atomic E-state index is -0.726. The predicted octanol–water partition coefficient (Wildman–Crippen LogP) is 6.44. The van der Waals surface area contributed by atoms with Gasteiger partial charge in [-0.3, -0.25) is 4.79 Å². The Bertz CT molecular complexity index is 1370. The van der Waals surface area contributed by atoms with E-state index in [1.807, 2.05) is 18.2 Å². The number of hydrogen-bond donors (Lipinski definition) is 1. The van der Waals surface area contributed by atoms with Crippen LogP contribution in [0.5, 0.6) is 11.5 Å². The molecule has 8 heteroatoms. The number of piperidine rings is 1. The van der Waals surface area contributed by atoms with Crippen molar-refractivity contribution in [3.8, 4) is 17.6 Å². The van der Waals surface area contributed by atoms with Crippen molar-refractivity contribution in [1.82, 2.24) is 0 Å². The first kappa shape index (κ1) is 26.9. The van der Waals surface area contributed by atoms with Crippen molar-refractivity contribution >= 4 is 17.3 Å². The van der Waals surface area contributed by atoms with Gasteiger partial charge in [0.05, 0.1) is 35.7 Å². The van der Waals surface area contributed by atoms with E-state index in [4.69, 9.17) is 9.47 Å². The van der Waals surface area contributed by atoms with Crippen LogP contribution in [0.1, 0.15) is 55.1 Å². The maximum atomic E-state index is 14.0. The minimum absolute atomic E-state index is 0.0302. The molecule has 1 amide bonds. The standard InChI is InChI=1S/C30H31F2N3O3/c1-30(2,3)20-6-9-27(37-4)23(16-20)29(36)34-25-15-19(18-33)5-8-26(25)35-13-11-22(12-14-35)38-28-10-7-21(31)17-24(28)32/h5-10,15-17,22H,11-14H2,1-4H3,(H,34,36). The van der Waals surface area contributed by atoms with Crippen molar-refractivity contribution in [1.29, 1.82) is 5.26 Å². The number of methoxy groups -OCH3 is 1. The number of carbonyl (C=O) groups is 1. The van der Waals surface area contributed by atoms with E-state index in [0.717, 1.165) is 17.3 Å². The van der Waals surface area contributed by atoms with E-state index in [0.29, 0.717) is 48.5 Å². The number of nitriles is 1. The third kappa shape index (κ3) is 6.05. The highest BCUT2D eigenvalue weighted by Crippen LogP contribution is 2.33. The van der Waals surface area contributed by atoms with Crippen LogP contribution < -0.4 is 19.7 Å². The van der Waals surface area contributed by atoms with Gasteiger partial charge in [-0.25, -0.2) is 8.78 Å². The molecule has 1 heterocycles. The molecule has 198 valence electrons. The average molecular weight is 520 g/mol. The molecule has 0 saturated carbocycles. The summed E-state index contributed by atoms with van der Waals surface area (Å²) in [6.45, 7) is 7.39. The monoisotopic (exact) mass is 519 g/mol. The molecule has 6 nitrogen and oxygen atoms in total. The van der Waals surface area contributed by atoms with Gasteiger partial charge in [0.1, 0.15) is 17.7 Å². The molecule has 1 fully saturated rings. The highest BCUT2D eigenvalue weighted by atomic mass is 19.1. The van der Waals surface area contributed by atoms with Crippen molar-refractivity contribution in [3.05, 3.63) is 82.9 Å². The number of nitrogens with one attached hydrogen (secondary N) is 1. The fourth-order valence-corrected chi connectivity index (χ4v) is 4.49. The van der Waals surface area contributed by atoms with E-state index in [1.165, 1.54) is 19.2 Å². The topological polar surface area (TPSA) is 74.6 Å². The number of carbonyl (C=O) groups excluding carboxylic acids is 1. The van der Waals surface area contributed by atoms with Crippen LogP contribution in [0.2, 0.25) is 0 Å². The van der Waals surface area contributed by atoms with Crippen LogP contribution in [-0.4, -0.2) is 32.2 Å². The SMILES string of the molecule is COc1ccc(C(C)(C)C)cc1C(=O)Nc1cc(C#N)ccc1N1CCC(Oc2ccc(F)cc2F)CC1. The Morgan fingerprint density at radius 3 is 2.37 bits per heavy atom. The second-order valence-corrected chi connectivity index (χ2v) is 10.3. The quantitative estimate of drug-likeness (QED) is 0.406. The summed E-state index contributed by atoms with van der Waals surface area (Å²) in [4.78, 5) is 15.5. The fourth-order valence-electron chi connectivity index (χ4n) is 4.49. The first-order chi connectivity index (χ1) is 18.1. The molecule has 0 atom stereocenters. The number of benzene rings is 3. The number of rotatable bonds is 6. The second kappa shape index (κ2) is 11.1. The molecule has 1 aliphatic rings. The Labute approximate surface area is 221 Å². The molecule has 0 unspecified atom stereocenters. The van der Waals surface area contributed by atoms with Gasteiger partial charge in [0.2, 0.25) is 0 Å². The first-order valence-corrected chi connectivity index (χ1v) is 12.5. The Morgan fingerprint density at radius 1 is 1.03 bits per heavy atom. The molecule has 0 aliphatic carbocycles. The molecule has 0 spiro atoms. The summed E-state index contributed by atoms with van der Waals surface area (Å²) in [7, 11) is 1.52. The van der Waals surface area contributed by atoms with Gasteiger partial charge in [-0.2, -0.15) is 5.26 Å². The normalized spacial score (nSPS) is 14.1. The van der Waals surface area contributed by atoms with Crippen LogP contribution in [-0.2, 0) is 5.41 Å². The maximum absolute atomic E-state index is 14.0. The lowest BCUT2D eigenvalue weighted by Gasteiger charge is -2.35. The van der Waals surface area contributed by atoms with Gasteiger partial charge in [0, 0.05) is 32.0 Å². The Balaban J connectivity index is 1.53. The molecular formula is C30H31F2N3O3. The predicted molar refractivity (Wildman–Crippen MR) is 143 cm³/mol. The van der Waals surface area contributed by atoms with Crippen molar-refractivity contribution in [2.24, 2.45) is 0 Å².